The first-order valence-electron chi connectivity index (χ1n) is 7.37. The second-order valence-electron chi connectivity index (χ2n) is 5.03. The van der Waals surface area contributed by atoms with Gasteiger partial charge in [-0.2, -0.15) is 0 Å². The molecule has 0 radical (unpaired) electrons. The number of carbonyl (C=O) groups excluding carboxylic acids is 1. The van der Waals surface area contributed by atoms with Gasteiger partial charge in [0, 0.05) is 5.56 Å². The molecule has 0 unspecified atom stereocenters. The molecule has 1 N–H and O–H groups in total. The fourth-order valence-corrected chi connectivity index (χ4v) is 4.06. The highest BCUT2D eigenvalue weighted by molar-refractivity contribution is 7.86. The Kier molecular flexibility index (Phi) is 5.52. The zero-order chi connectivity index (χ0) is 17.6. The van der Waals surface area contributed by atoms with Crippen LogP contribution in [0.1, 0.15) is 15.9 Å². The van der Waals surface area contributed by atoms with Gasteiger partial charge in [-0.25, -0.2) is 0 Å². The summed E-state index contributed by atoms with van der Waals surface area (Å²) in [5.74, 6) is 0.729. The second-order valence-corrected chi connectivity index (χ2v) is 7.63. The summed E-state index contributed by atoms with van der Waals surface area (Å²) in [6, 6.07) is 16.2. The van der Waals surface area contributed by atoms with Crippen LogP contribution < -0.4 is 10.1 Å². The smallest absolute Gasteiger partial charge is 0.257 e. The third kappa shape index (κ3) is 4.49. The van der Waals surface area contributed by atoms with Crippen molar-refractivity contribution in [2.75, 3.05) is 12.4 Å². The van der Waals surface area contributed by atoms with Crippen molar-refractivity contribution in [3.8, 4) is 5.75 Å². The summed E-state index contributed by atoms with van der Waals surface area (Å²) in [6.45, 7) is 0. The average Bonchev–Trinajstić information content (AvgIpc) is 3.11. The lowest BCUT2D eigenvalue weighted by Crippen LogP contribution is -2.11. The molecule has 0 bridgehead atoms. The Hall–Kier alpha value is -2.58. The van der Waals surface area contributed by atoms with E-state index < -0.39 is 10.8 Å². The summed E-state index contributed by atoms with van der Waals surface area (Å²) >= 11 is 1.11. The highest BCUT2D eigenvalue weighted by Gasteiger charge is 2.14. The van der Waals surface area contributed by atoms with Crippen LogP contribution in [0.25, 0.3) is 0 Å². The number of nitrogens with zero attached hydrogens (tertiary/aromatic N) is 2. The molecule has 0 aliphatic carbocycles. The Morgan fingerprint density at radius 2 is 1.84 bits per heavy atom. The maximum Gasteiger partial charge on any atom is 0.257 e. The van der Waals surface area contributed by atoms with Gasteiger partial charge in [0.2, 0.25) is 9.47 Å². The lowest BCUT2D eigenvalue weighted by molar-refractivity contribution is 0.102. The summed E-state index contributed by atoms with van der Waals surface area (Å²) in [6.07, 6.45) is 0. The molecule has 1 atom stereocenters. The Bertz CT molecular complexity index is 880. The minimum atomic E-state index is -1.30. The van der Waals surface area contributed by atoms with E-state index in [1.807, 2.05) is 30.3 Å². The molecule has 0 aliphatic heterocycles. The molecule has 6 nitrogen and oxygen atoms in total. The minimum absolute atomic E-state index is 0.306. The Balaban J connectivity index is 1.64. The summed E-state index contributed by atoms with van der Waals surface area (Å²) in [7, 11) is 0.263. The van der Waals surface area contributed by atoms with Crippen LogP contribution in [0.15, 0.2) is 58.9 Å². The van der Waals surface area contributed by atoms with E-state index in [1.54, 1.807) is 31.4 Å². The van der Waals surface area contributed by atoms with E-state index >= 15 is 0 Å². The van der Waals surface area contributed by atoms with Crippen LogP contribution in [0.3, 0.4) is 0 Å². The largest absolute Gasteiger partial charge is 0.497 e. The molecule has 1 aromatic heterocycles. The van der Waals surface area contributed by atoms with Crippen LogP contribution in [0.5, 0.6) is 5.75 Å². The fraction of sp³-hybridized carbons (Fsp3) is 0.118. The molecular weight excluding hydrogens is 358 g/mol. The van der Waals surface area contributed by atoms with E-state index in [0.717, 1.165) is 16.9 Å². The van der Waals surface area contributed by atoms with Crippen molar-refractivity contribution in [3.05, 3.63) is 65.7 Å². The second kappa shape index (κ2) is 8.00. The molecule has 1 heterocycles. The van der Waals surface area contributed by atoms with E-state index in [2.05, 4.69) is 15.5 Å². The van der Waals surface area contributed by atoms with Crippen molar-refractivity contribution in [3.63, 3.8) is 0 Å². The van der Waals surface area contributed by atoms with E-state index in [4.69, 9.17) is 4.74 Å². The molecule has 8 heteroatoms. The van der Waals surface area contributed by atoms with Crippen molar-refractivity contribution in [1.82, 2.24) is 10.2 Å². The zero-order valence-electron chi connectivity index (χ0n) is 13.3. The molecule has 1 amide bonds. The number of hydrogen-bond acceptors (Lipinski definition) is 6. The molecule has 3 aromatic rings. The first-order valence-corrected chi connectivity index (χ1v) is 9.50. The number of aromatic nitrogens is 2. The van der Waals surface area contributed by atoms with Crippen LogP contribution in [0.4, 0.5) is 5.13 Å². The van der Waals surface area contributed by atoms with Gasteiger partial charge in [0.15, 0.2) is 0 Å². The number of anilines is 1. The summed E-state index contributed by atoms with van der Waals surface area (Å²) in [5, 5.41) is 10.8. The van der Waals surface area contributed by atoms with Gasteiger partial charge in [0.05, 0.1) is 23.7 Å². The maximum absolute atomic E-state index is 12.3. The first-order chi connectivity index (χ1) is 12.2. The van der Waals surface area contributed by atoms with Crippen LogP contribution in [-0.2, 0) is 16.6 Å². The molecule has 0 aliphatic rings. The van der Waals surface area contributed by atoms with Crippen molar-refractivity contribution in [2.24, 2.45) is 0 Å². The normalized spacial score (nSPS) is 11.7. The van der Waals surface area contributed by atoms with Gasteiger partial charge in [-0.1, -0.05) is 41.7 Å². The Labute approximate surface area is 151 Å². The average molecular weight is 373 g/mol. The van der Waals surface area contributed by atoms with Gasteiger partial charge >= 0.3 is 0 Å². The van der Waals surface area contributed by atoms with Gasteiger partial charge in [-0.15, -0.1) is 10.2 Å². The van der Waals surface area contributed by atoms with Gasteiger partial charge in [0.1, 0.15) is 5.75 Å². The van der Waals surface area contributed by atoms with E-state index in [-0.39, 0.29) is 5.91 Å². The predicted molar refractivity (Wildman–Crippen MR) is 97.4 cm³/mol. The molecule has 0 fully saturated rings. The molecule has 0 spiro atoms. The molecule has 25 heavy (non-hydrogen) atoms. The number of rotatable bonds is 6. The number of benzene rings is 2. The highest BCUT2D eigenvalue weighted by Crippen LogP contribution is 2.21. The van der Waals surface area contributed by atoms with Gasteiger partial charge < -0.3 is 4.74 Å². The molecule has 2 aromatic carbocycles. The number of carbonyl (C=O) groups is 1. The standard InChI is InChI=1S/C17H15N3O3S2/c1-23-14-9-7-13(8-10-14)15(21)18-16-19-20-17(24-16)25(22)11-12-5-3-2-4-6-12/h2-10H,11H2,1H3,(H,18,19,21)/t25-/m1/s1. The Morgan fingerprint density at radius 1 is 1.12 bits per heavy atom. The van der Waals surface area contributed by atoms with Gasteiger partial charge in [-0.3, -0.25) is 14.3 Å². The maximum atomic E-state index is 12.3. The van der Waals surface area contributed by atoms with Gasteiger partial charge in [-0.05, 0) is 29.8 Å². The molecular formula is C17H15N3O3S2. The van der Waals surface area contributed by atoms with Gasteiger partial charge in [0.25, 0.3) is 5.91 Å². The number of hydrogen-bond donors (Lipinski definition) is 1. The SMILES string of the molecule is COc1ccc(C(=O)Nc2nnc([S@](=O)Cc3ccccc3)s2)cc1. The van der Waals surface area contributed by atoms with Crippen LogP contribution in [0.2, 0.25) is 0 Å². The van der Waals surface area contributed by atoms with E-state index in [0.29, 0.717) is 26.5 Å². The molecule has 0 saturated heterocycles. The van der Waals surface area contributed by atoms with Crippen molar-refractivity contribution >= 4 is 33.2 Å². The molecule has 128 valence electrons. The topological polar surface area (TPSA) is 81.2 Å². The quantitative estimate of drug-likeness (QED) is 0.672. The predicted octanol–water partition coefficient (Wildman–Crippen LogP) is 3.11. The zero-order valence-corrected chi connectivity index (χ0v) is 15.0. The number of methoxy groups -OCH3 is 1. The number of ether oxygens (including phenoxy) is 1. The van der Waals surface area contributed by atoms with Crippen molar-refractivity contribution in [1.29, 1.82) is 0 Å². The minimum Gasteiger partial charge on any atom is -0.497 e. The third-order valence-corrected chi connectivity index (χ3v) is 5.82. The van der Waals surface area contributed by atoms with Crippen LogP contribution >= 0.6 is 11.3 Å². The van der Waals surface area contributed by atoms with E-state index in [9.17, 15) is 9.00 Å². The van der Waals surface area contributed by atoms with Crippen LogP contribution in [-0.4, -0.2) is 27.4 Å². The summed E-state index contributed by atoms with van der Waals surface area (Å²) < 4.78 is 17.8. The fourth-order valence-electron chi connectivity index (χ4n) is 2.05. The first kappa shape index (κ1) is 17.2. The van der Waals surface area contributed by atoms with Crippen molar-refractivity contribution < 1.29 is 13.7 Å². The lowest BCUT2D eigenvalue weighted by atomic mass is 10.2. The summed E-state index contributed by atoms with van der Waals surface area (Å²) in [5.41, 5.74) is 1.43. The number of nitrogens with one attached hydrogen (secondary N) is 1. The molecule has 0 saturated carbocycles. The lowest BCUT2D eigenvalue weighted by Gasteiger charge is -2.02. The molecule has 3 rings (SSSR count). The number of amides is 1. The monoisotopic (exact) mass is 373 g/mol. The van der Waals surface area contributed by atoms with Crippen LogP contribution in [0, 0.1) is 0 Å². The van der Waals surface area contributed by atoms with E-state index in [1.165, 1.54) is 0 Å². The third-order valence-electron chi connectivity index (χ3n) is 3.31. The summed E-state index contributed by atoms with van der Waals surface area (Å²) in [4.78, 5) is 12.2. The Morgan fingerprint density at radius 3 is 2.52 bits per heavy atom. The highest BCUT2D eigenvalue weighted by atomic mass is 32.2. The van der Waals surface area contributed by atoms with Crippen molar-refractivity contribution in [2.45, 2.75) is 10.1 Å².